The number of aliphatic hydroxyl groups is 1. The lowest BCUT2D eigenvalue weighted by Crippen LogP contribution is -2.39. The van der Waals surface area contributed by atoms with Crippen LogP contribution < -0.4 is 10.6 Å². The molecule has 0 rings (SSSR count). The van der Waals surface area contributed by atoms with Gasteiger partial charge in [0, 0.05) is 31.5 Å². The quantitative estimate of drug-likeness (QED) is 0.648. The van der Waals surface area contributed by atoms with Crippen molar-refractivity contribution in [1.29, 1.82) is 0 Å². The molecule has 5 nitrogen and oxygen atoms in total. The van der Waals surface area contributed by atoms with Crippen molar-refractivity contribution in [3.63, 3.8) is 0 Å². The summed E-state index contributed by atoms with van der Waals surface area (Å²) in [4.78, 5) is 23.2. The average Bonchev–Trinajstić information content (AvgIpc) is 2.25. The summed E-state index contributed by atoms with van der Waals surface area (Å²) in [5.41, 5.74) is -0.543. The first-order chi connectivity index (χ1) is 8.58. The van der Waals surface area contributed by atoms with E-state index in [1.54, 1.807) is 0 Å². The lowest BCUT2D eigenvalue weighted by Gasteiger charge is -2.24. The van der Waals surface area contributed by atoms with Crippen LogP contribution in [0.5, 0.6) is 0 Å². The fourth-order valence-electron chi connectivity index (χ4n) is 1.37. The van der Waals surface area contributed by atoms with Gasteiger partial charge in [-0.25, -0.2) is 0 Å². The van der Waals surface area contributed by atoms with Gasteiger partial charge in [-0.15, -0.1) is 0 Å². The predicted octanol–water partition coefficient (Wildman–Crippen LogP) is 1.06. The van der Waals surface area contributed by atoms with Crippen molar-refractivity contribution in [2.45, 2.75) is 47.5 Å². The van der Waals surface area contributed by atoms with Crippen molar-refractivity contribution in [2.75, 3.05) is 19.7 Å². The molecule has 0 saturated carbocycles. The highest BCUT2D eigenvalue weighted by Gasteiger charge is 2.21. The van der Waals surface area contributed by atoms with Crippen LogP contribution in [0, 0.1) is 10.8 Å². The van der Waals surface area contributed by atoms with Gasteiger partial charge in [0.2, 0.25) is 11.8 Å². The topological polar surface area (TPSA) is 78.4 Å². The highest BCUT2D eigenvalue weighted by Crippen LogP contribution is 2.17. The molecule has 112 valence electrons. The van der Waals surface area contributed by atoms with Gasteiger partial charge in [0.25, 0.3) is 0 Å². The van der Waals surface area contributed by atoms with Crippen LogP contribution in [0.15, 0.2) is 0 Å². The van der Waals surface area contributed by atoms with Crippen LogP contribution in [0.4, 0.5) is 0 Å². The maximum atomic E-state index is 11.6. The number of hydrogen-bond acceptors (Lipinski definition) is 3. The van der Waals surface area contributed by atoms with Crippen molar-refractivity contribution in [2.24, 2.45) is 10.8 Å². The van der Waals surface area contributed by atoms with Gasteiger partial charge in [-0.05, 0) is 11.8 Å². The Morgan fingerprint density at radius 1 is 1.05 bits per heavy atom. The molecule has 0 aliphatic heterocycles. The molecule has 0 aromatic rings. The van der Waals surface area contributed by atoms with Gasteiger partial charge in [0.05, 0.1) is 0 Å². The Morgan fingerprint density at radius 2 is 1.63 bits per heavy atom. The fourth-order valence-corrected chi connectivity index (χ4v) is 1.37. The van der Waals surface area contributed by atoms with E-state index in [-0.39, 0.29) is 30.3 Å². The minimum atomic E-state index is -0.431. The molecule has 0 radical (unpaired) electrons. The van der Waals surface area contributed by atoms with Crippen molar-refractivity contribution < 1.29 is 14.7 Å². The van der Waals surface area contributed by atoms with E-state index in [4.69, 9.17) is 5.11 Å². The number of hydrogen-bond donors (Lipinski definition) is 3. The van der Waals surface area contributed by atoms with Crippen LogP contribution in [0.2, 0.25) is 0 Å². The molecule has 0 aliphatic carbocycles. The minimum absolute atomic E-state index is 0.0547. The molecule has 0 fully saturated rings. The summed E-state index contributed by atoms with van der Waals surface area (Å²) in [7, 11) is 0. The first kappa shape index (κ1) is 17.9. The van der Waals surface area contributed by atoms with Gasteiger partial charge < -0.3 is 15.7 Å². The maximum absolute atomic E-state index is 11.6. The van der Waals surface area contributed by atoms with Crippen molar-refractivity contribution in [3.8, 4) is 0 Å². The van der Waals surface area contributed by atoms with Crippen molar-refractivity contribution >= 4 is 11.8 Å². The van der Waals surface area contributed by atoms with E-state index in [9.17, 15) is 9.59 Å². The molecule has 0 saturated heterocycles. The Labute approximate surface area is 116 Å². The van der Waals surface area contributed by atoms with Gasteiger partial charge >= 0.3 is 0 Å². The second-order valence-electron chi connectivity index (χ2n) is 6.67. The molecule has 5 heteroatoms. The zero-order valence-corrected chi connectivity index (χ0v) is 12.8. The molecule has 19 heavy (non-hydrogen) atoms. The number of amides is 2. The number of aliphatic hydroxyl groups excluding tert-OH is 1. The Kier molecular flexibility index (Phi) is 7.05. The minimum Gasteiger partial charge on any atom is -0.396 e. The van der Waals surface area contributed by atoms with E-state index in [1.807, 2.05) is 34.6 Å². The third-order valence-corrected chi connectivity index (χ3v) is 2.87. The van der Waals surface area contributed by atoms with Gasteiger partial charge in [-0.1, -0.05) is 34.6 Å². The third-order valence-electron chi connectivity index (χ3n) is 2.87. The molecular weight excluding hydrogens is 244 g/mol. The summed E-state index contributed by atoms with van der Waals surface area (Å²) >= 11 is 0. The monoisotopic (exact) mass is 272 g/mol. The van der Waals surface area contributed by atoms with E-state index < -0.39 is 5.41 Å². The molecule has 0 heterocycles. The maximum Gasteiger partial charge on any atom is 0.225 e. The molecule has 0 unspecified atom stereocenters. The molecule has 0 atom stereocenters. The van der Waals surface area contributed by atoms with Crippen molar-refractivity contribution in [1.82, 2.24) is 10.6 Å². The Balaban J connectivity index is 3.86. The second-order valence-corrected chi connectivity index (χ2v) is 6.67. The van der Waals surface area contributed by atoms with Gasteiger partial charge in [-0.3, -0.25) is 9.59 Å². The van der Waals surface area contributed by atoms with E-state index in [0.29, 0.717) is 19.5 Å². The summed E-state index contributed by atoms with van der Waals surface area (Å²) in [6.07, 6.45) is 0.922. The highest BCUT2D eigenvalue weighted by molar-refractivity contribution is 5.82. The molecule has 0 bridgehead atoms. The zero-order valence-electron chi connectivity index (χ0n) is 12.8. The normalized spacial score (nSPS) is 12.1. The van der Waals surface area contributed by atoms with Crippen LogP contribution in [0.25, 0.3) is 0 Å². The number of nitrogens with one attached hydrogen (secondary N) is 2. The first-order valence-electron chi connectivity index (χ1n) is 6.74. The summed E-state index contributed by atoms with van der Waals surface area (Å²) in [5.74, 6) is -0.138. The number of carbonyl (C=O) groups excluding carboxylic acids is 2. The lowest BCUT2D eigenvalue weighted by atomic mass is 9.90. The summed E-state index contributed by atoms with van der Waals surface area (Å²) in [5, 5.41) is 14.4. The molecule has 0 aromatic heterocycles. The van der Waals surface area contributed by atoms with Crippen LogP contribution in [-0.4, -0.2) is 36.6 Å². The Morgan fingerprint density at radius 3 is 2.11 bits per heavy atom. The van der Waals surface area contributed by atoms with Gasteiger partial charge in [-0.2, -0.15) is 0 Å². The van der Waals surface area contributed by atoms with E-state index in [1.165, 1.54) is 0 Å². The van der Waals surface area contributed by atoms with E-state index in [0.717, 1.165) is 0 Å². The lowest BCUT2D eigenvalue weighted by molar-refractivity contribution is -0.128. The predicted molar refractivity (Wildman–Crippen MR) is 75.6 cm³/mol. The molecule has 2 amide bonds. The standard InChI is InChI=1S/C14H28N2O3/c1-13(2,3)12(19)15-8-6-11(18)16-10-14(4,5)7-9-17/h17H,6-10H2,1-5H3,(H,15,19)(H,16,18). The SMILES string of the molecule is CC(C)(CCO)CNC(=O)CCNC(=O)C(C)(C)C. The van der Waals surface area contributed by atoms with Crippen LogP contribution in [0.1, 0.15) is 47.5 Å². The van der Waals surface area contributed by atoms with Crippen molar-refractivity contribution in [3.05, 3.63) is 0 Å². The smallest absolute Gasteiger partial charge is 0.225 e. The molecule has 3 N–H and O–H groups in total. The molecule has 0 aliphatic rings. The zero-order chi connectivity index (χ0) is 15.1. The fraction of sp³-hybridized carbons (Fsp3) is 0.857. The number of rotatable bonds is 7. The molecule has 0 aromatic carbocycles. The summed E-state index contributed by atoms with van der Waals surface area (Å²) in [6, 6.07) is 0. The number of carbonyl (C=O) groups is 2. The Bertz CT molecular complexity index is 306. The average molecular weight is 272 g/mol. The van der Waals surface area contributed by atoms with Crippen LogP contribution in [-0.2, 0) is 9.59 Å². The van der Waals surface area contributed by atoms with Gasteiger partial charge in [0.15, 0.2) is 0 Å². The van der Waals surface area contributed by atoms with Crippen LogP contribution >= 0.6 is 0 Å². The third kappa shape index (κ3) is 8.59. The summed E-state index contributed by atoms with van der Waals surface area (Å²) < 4.78 is 0. The Hall–Kier alpha value is -1.10. The van der Waals surface area contributed by atoms with E-state index >= 15 is 0 Å². The van der Waals surface area contributed by atoms with Gasteiger partial charge in [0.1, 0.15) is 0 Å². The van der Waals surface area contributed by atoms with Crippen LogP contribution in [0.3, 0.4) is 0 Å². The second kappa shape index (κ2) is 7.48. The summed E-state index contributed by atoms with van der Waals surface area (Å²) in [6.45, 7) is 10.5. The molecular formula is C14H28N2O3. The van der Waals surface area contributed by atoms with E-state index in [2.05, 4.69) is 10.6 Å². The molecule has 0 spiro atoms. The highest BCUT2D eigenvalue weighted by atomic mass is 16.3. The largest absolute Gasteiger partial charge is 0.396 e. The first-order valence-corrected chi connectivity index (χ1v) is 6.74.